The number of nitrogens with zero attached hydrogens (tertiary/aromatic N) is 3. The Bertz CT molecular complexity index is 295. The number of anilines is 1. The van der Waals surface area contributed by atoms with E-state index in [1.807, 2.05) is 12.3 Å². The zero-order chi connectivity index (χ0) is 11.2. The maximum Gasteiger partial charge on any atom is 0.131 e. The van der Waals surface area contributed by atoms with Crippen LogP contribution in [0, 0.1) is 5.92 Å². The van der Waals surface area contributed by atoms with Crippen LogP contribution >= 0.6 is 0 Å². The van der Waals surface area contributed by atoms with Crippen molar-refractivity contribution in [1.82, 2.24) is 15.3 Å². The number of rotatable bonds is 4. The van der Waals surface area contributed by atoms with Gasteiger partial charge in [0.05, 0.1) is 0 Å². The van der Waals surface area contributed by atoms with E-state index in [0.717, 1.165) is 31.4 Å². The Morgan fingerprint density at radius 3 is 3.12 bits per heavy atom. The smallest absolute Gasteiger partial charge is 0.131 e. The van der Waals surface area contributed by atoms with Crippen LogP contribution in [-0.2, 0) is 0 Å². The topological polar surface area (TPSA) is 41.0 Å². The van der Waals surface area contributed by atoms with Gasteiger partial charge in [-0.2, -0.15) is 0 Å². The van der Waals surface area contributed by atoms with Gasteiger partial charge in [0.15, 0.2) is 0 Å². The first kappa shape index (κ1) is 11.3. The number of aromatic nitrogens is 2. The maximum atomic E-state index is 4.31. The summed E-state index contributed by atoms with van der Waals surface area (Å²) in [6, 6.07) is 1.99. The lowest BCUT2D eigenvalue weighted by Gasteiger charge is -2.30. The van der Waals surface area contributed by atoms with Gasteiger partial charge in [0.1, 0.15) is 12.1 Å². The summed E-state index contributed by atoms with van der Waals surface area (Å²) in [6.07, 6.45) is 6.06. The predicted octanol–water partition coefficient (Wildman–Crippen LogP) is 1.30. The molecule has 1 unspecified atom stereocenters. The van der Waals surface area contributed by atoms with Crippen molar-refractivity contribution in [3.63, 3.8) is 0 Å². The molecule has 0 aromatic carbocycles. The molecule has 1 aliphatic rings. The minimum atomic E-state index is 0.753. The van der Waals surface area contributed by atoms with Gasteiger partial charge in [-0.05, 0) is 44.8 Å². The van der Waals surface area contributed by atoms with E-state index in [1.165, 1.54) is 19.4 Å². The molecule has 2 rings (SSSR count). The third-order valence-electron chi connectivity index (χ3n) is 3.15. The van der Waals surface area contributed by atoms with E-state index in [2.05, 4.69) is 27.1 Å². The van der Waals surface area contributed by atoms with E-state index in [1.54, 1.807) is 6.33 Å². The Hall–Kier alpha value is -1.16. The summed E-state index contributed by atoms with van der Waals surface area (Å²) in [5.41, 5.74) is 0. The molecule has 88 valence electrons. The van der Waals surface area contributed by atoms with Crippen molar-refractivity contribution in [3.05, 3.63) is 18.6 Å². The fraction of sp³-hybridized carbons (Fsp3) is 0.667. The molecule has 1 N–H and O–H groups in total. The molecular formula is C12H20N4. The van der Waals surface area contributed by atoms with Crippen molar-refractivity contribution in [2.24, 2.45) is 5.92 Å². The number of piperidine rings is 1. The second-order valence-corrected chi connectivity index (χ2v) is 4.32. The standard InChI is InChI=1S/C12H20N4/c1-2-16(12-5-7-14-10-15-12)9-11-4-3-6-13-8-11/h5,7,10-11,13H,2-4,6,8-9H2,1H3. The molecule has 0 spiro atoms. The maximum absolute atomic E-state index is 4.31. The van der Waals surface area contributed by atoms with Gasteiger partial charge in [0.25, 0.3) is 0 Å². The van der Waals surface area contributed by atoms with Crippen molar-refractivity contribution in [2.75, 3.05) is 31.1 Å². The van der Waals surface area contributed by atoms with E-state index in [4.69, 9.17) is 0 Å². The van der Waals surface area contributed by atoms with Gasteiger partial charge in [-0.3, -0.25) is 0 Å². The minimum Gasteiger partial charge on any atom is -0.356 e. The van der Waals surface area contributed by atoms with Crippen LogP contribution < -0.4 is 10.2 Å². The molecule has 16 heavy (non-hydrogen) atoms. The first-order chi connectivity index (χ1) is 7.90. The molecule has 1 saturated heterocycles. The lowest BCUT2D eigenvalue weighted by molar-refractivity contribution is 0.377. The molecule has 4 heteroatoms. The molecule has 2 heterocycles. The van der Waals surface area contributed by atoms with Crippen molar-refractivity contribution < 1.29 is 0 Å². The summed E-state index contributed by atoms with van der Waals surface area (Å²) in [6.45, 7) is 6.60. The summed E-state index contributed by atoms with van der Waals surface area (Å²) in [5.74, 6) is 1.80. The van der Waals surface area contributed by atoms with E-state index >= 15 is 0 Å². The lowest BCUT2D eigenvalue weighted by atomic mass is 9.99. The van der Waals surface area contributed by atoms with Crippen LogP contribution in [-0.4, -0.2) is 36.1 Å². The minimum absolute atomic E-state index is 0.753. The van der Waals surface area contributed by atoms with Crippen LogP contribution in [0.2, 0.25) is 0 Å². The molecule has 0 saturated carbocycles. The molecule has 1 aliphatic heterocycles. The van der Waals surface area contributed by atoms with Gasteiger partial charge in [-0.25, -0.2) is 9.97 Å². The van der Waals surface area contributed by atoms with E-state index in [9.17, 15) is 0 Å². The third-order valence-corrected chi connectivity index (χ3v) is 3.15. The van der Waals surface area contributed by atoms with Gasteiger partial charge >= 0.3 is 0 Å². The molecular weight excluding hydrogens is 200 g/mol. The summed E-state index contributed by atoms with van der Waals surface area (Å²) >= 11 is 0. The Morgan fingerprint density at radius 1 is 1.56 bits per heavy atom. The quantitative estimate of drug-likeness (QED) is 0.830. The van der Waals surface area contributed by atoms with Gasteiger partial charge in [-0.15, -0.1) is 0 Å². The molecule has 0 bridgehead atoms. The predicted molar refractivity (Wildman–Crippen MR) is 65.5 cm³/mol. The van der Waals surface area contributed by atoms with E-state index < -0.39 is 0 Å². The zero-order valence-electron chi connectivity index (χ0n) is 9.89. The van der Waals surface area contributed by atoms with Crippen LogP contribution in [0.15, 0.2) is 18.6 Å². The first-order valence-electron chi connectivity index (χ1n) is 6.12. The molecule has 0 amide bonds. The largest absolute Gasteiger partial charge is 0.356 e. The highest BCUT2D eigenvalue weighted by molar-refractivity contribution is 5.36. The van der Waals surface area contributed by atoms with Crippen LogP contribution in [0.3, 0.4) is 0 Å². The highest BCUT2D eigenvalue weighted by atomic mass is 15.2. The number of nitrogens with one attached hydrogen (secondary N) is 1. The first-order valence-corrected chi connectivity index (χ1v) is 6.12. The molecule has 0 radical (unpaired) electrons. The summed E-state index contributed by atoms with van der Waals surface area (Å²) < 4.78 is 0. The molecule has 1 fully saturated rings. The van der Waals surface area contributed by atoms with Crippen molar-refractivity contribution in [2.45, 2.75) is 19.8 Å². The normalized spacial score (nSPS) is 20.7. The fourth-order valence-corrected chi connectivity index (χ4v) is 2.25. The Balaban J connectivity index is 1.94. The van der Waals surface area contributed by atoms with Gasteiger partial charge < -0.3 is 10.2 Å². The molecule has 1 aromatic heterocycles. The van der Waals surface area contributed by atoms with E-state index in [0.29, 0.717) is 0 Å². The number of hydrogen-bond donors (Lipinski definition) is 1. The summed E-state index contributed by atoms with van der Waals surface area (Å²) in [7, 11) is 0. The molecule has 1 aromatic rings. The van der Waals surface area contributed by atoms with Crippen molar-refractivity contribution in [3.8, 4) is 0 Å². The van der Waals surface area contributed by atoms with Gasteiger partial charge in [-0.1, -0.05) is 0 Å². The Labute approximate surface area is 97.1 Å². The molecule has 1 atom stereocenters. The van der Waals surface area contributed by atoms with Crippen LogP contribution in [0.25, 0.3) is 0 Å². The second kappa shape index (κ2) is 5.80. The average Bonchev–Trinajstić information content (AvgIpc) is 2.38. The zero-order valence-corrected chi connectivity index (χ0v) is 9.89. The van der Waals surface area contributed by atoms with E-state index in [-0.39, 0.29) is 0 Å². The van der Waals surface area contributed by atoms with Crippen molar-refractivity contribution in [1.29, 1.82) is 0 Å². The second-order valence-electron chi connectivity index (χ2n) is 4.32. The Morgan fingerprint density at radius 2 is 2.50 bits per heavy atom. The van der Waals surface area contributed by atoms with Crippen LogP contribution in [0.5, 0.6) is 0 Å². The molecule has 0 aliphatic carbocycles. The SMILES string of the molecule is CCN(CC1CCCNC1)c1ccncn1. The average molecular weight is 220 g/mol. The van der Waals surface area contributed by atoms with Gasteiger partial charge in [0.2, 0.25) is 0 Å². The summed E-state index contributed by atoms with van der Waals surface area (Å²) in [5, 5.41) is 3.46. The van der Waals surface area contributed by atoms with Crippen molar-refractivity contribution >= 4 is 5.82 Å². The fourth-order valence-electron chi connectivity index (χ4n) is 2.25. The highest BCUT2D eigenvalue weighted by Gasteiger charge is 2.16. The van der Waals surface area contributed by atoms with Crippen LogP contribution in [0.1, 0.15) is 19.8 Å². The van der Waals surface area contributed by atoms with Gasteiger partial charge in [0, 0.05) is 19.3 Å². The third kappa shape index (κ3) is 2.92. The molecule has 4 nitrogen and oxygen atoms in total. The summed E-state index contributed by atoms with van der Waals surface area (Å²) in [4.78, 5) is 10.6. The number of hydrogen-bond acceptors (Lipinski definition) is 4. The van der Waals surface area contributed by atoms with Crippen LogP contribution in [0.4, 0.5) is 5.82 Å². The highest BCUT2D eigenvalue weighted by Crippen LogP contribution is 2.15. The lowest BCUT2D eigenvalue weighted by Crippen LogP contribution is -2.38. The monoisotopic (exact) mass is 220 g/mol. The Kier molecular flexibility index (Phi) is 4.10.